The van der Waals surface area contributed by atoms with E-state index in [0.29, 0.717) is 35.5 Å². The van der Waals surface area contributed by atoms with E-state index < -0.39 is 10.2 Å². The van der Waals surface area contributed by atoms with Gasteiger partial charge in [0.15, 0.2) is 0 Å². The Bertz CT molecular complexity index is 846. The lowest BCUT2D eigenvalue weighted by atomic mass is 10.0. The number of halogens is 1. The van der Waals surface area contributed by atoms with Gasteiger partial charge in [0, 0.05) is 19.3 Å². The molecule has 8 heteroatoms. The normalized spacial score (nSPS) is 18.5. The largest absolute Gasteiger partial charge is 0.486 e. The molecule has 1 aliphatic heterocycles. The van der Waals surface area contributed by atoms with Gasteiger partial charge in [0.05, 0.1) is 16.4 Å². The van der Waals surface area contributed by atoms with Crippen molar-refractivity contribution < 1.29 is 13.2 Å². The molecule has 1 unspecified atom stereocenters. The monoisotopic (exact) mass is 395 g/mol. The topological polar surface area (TPSA) is 71.5 Å². The molecular weight excluding hydrogens is 374 g/mol. The Hall–Kier alpha value is -1.83. The molecule has 1 saturated heterocycles. The van der Waals surface area contributed by atoms with Gasteiger partial charge in [0.25, 0.3) is 0 Å². The summed E-state index contributed by atoms with van der Waals surface area (Å²) in [5.74, 6) is 0.846. The minimum absolute atomic E-state index is 0.289. The summed E-state index contributed by atoms with van der Waals surface area (Å²) in [5, 5.41) is 0.341. The zero-order chi connectivity index (χ0) is 18.6. The number of hydrogen-bond acceptors (Lipinski definition) is 4. The standard InChI is InChI=1S/C18H22ClN3O3S/c1-14-5-4-10-22(12-14)26(23,24)21-15-7-8-18(17(19)11-15)25-13-16-6-2-3-9-20-16/h2-3,6-9,11,14,21H,4-5,10,12-13H2,1H3. The first-order chi connectivity index (χ1) is 12.4. The van der Waals surface area contributed by atoms with Crippen LogP contribution in [0.5, 0.6) is 5.75 Å². The van der Waals surface area contributed by atoms with Crippen LogP contribution in [-0.4, -0.2) is 30.8 Å². The molecule has 1 aliphatic rings. The number of hydrogen-bond donors (Lipinski definition) is 1. The molecule has 0 radical (unpaired) electrons. The molecule has 3 rings (SSSR count). The van der Waals surface area contributed by atoms with Crippen molar-refractivity contribution in [2.24, 2.45) is 5.92 Å². The van der Waals surface area contributed by atoms with E-state index in [1.165, 1.54) is 4.31 Å². The number of anilines is 1. The van der Waals surface area contributed by atoms with Gasteiger partial charge in [0.1, 0.15) is 12.4 Å². The van der Waals surface area contributed by atoms with Gasteiger partial charge >= 0.3 is 10.2 Å². The van der Waals surface area contributed by atoms with E-state index >= 15 is 0 Å². The van der Waals surface area contributed by atoms with Crippen LogP contribution in [0.15, 0.2) is 42.6 Å². The lowest BCUT2D eigenvalue weighted by molar-refractivity contribution is 0.282. The Morgan fingerprint density at radius 3 is 2.88 bits per heavy atom. The van der Waals surface area contributed by atoms with Crippen LogP contribution in [0.4, 0.5) is 5.69 Å². The zero-order valence-electron chi connectivity index (χ0n) is 14.6. The van der Waals surface area contributed by atoms with Gasteiger partial charge in [-0.25, -0.2) is 0 Å². The van der Waals surface area contributed by atoms with Crippen LogP contribution < -0.4 is 9.46 Å². The average Bonchev–Trinajstić information content (AvgIpc) is 2.62. The molecule has 26 heavy (non-hydrogen) atoms. The molecule has 0 spiro atoms. The highest BCUT2D eigenvalue weighted by molar-refractivity contribution is 7.90. The molecule has 1 atom stereocenters. The van der Waals surface area contributed by atoms with Crippen LogP contribution in [-0.2, 0) is 16.8 Å². The summed E-state index contributed by atoms with van der Waals surface area (Å²) < 4.78 is 34.8. The van der Waals surface area contributed by atoms with Crippen LogP contribution >= 0.6 is 11.6 Å². The minimum Gasteiger partial charge on any atom is -0.486 e. The molecule has 2 aromatic rings. The molecular formula is C18H22ClN3O3S. The number of pyridine rings is 1. The Balaban J connectivity index is 1.65. The summed E-state index contributed by atoms with van der Waals surface area (Å²) in [4.78, 5) is 4.18. The molecule has 1 N–H and O–H groups in total. The third-order valence-corrected chi connectivity index (χ3v) is 6.04. The number of nitrogens with one attached hydrogen (secondary N) is 1. The van der Waals surface area contributed by atoms with E-state index in [-0.39, 0.29) is 6.61 Å². The molecule has 0 aliphatic carbocycles. The van der Waals surface area contributed by atoms with Crippen molar-refractivity contribution in [2.75, 3.05) is 17.8 Å². The van der Waals surface area contributed by atoms with Gasteiger partial charge in [-0.2, -0.15) is 12.7 Å². The number of rotatable bonds is 6. The SMILES string of the molecule is CC1CCCN(S(=O)(=O)Nc2ccc(OCc3ccccn3)c(Cl)c2)C1. The molecule has 2 heterocycles. The molecule has 1 aromatic carbocycles. The number of piperidine rings is 1. The Labute approximate surface area is 159 Å². The highest BCUT2D eigenvalue weighted by Crippen LogP contribution is 2.29. The fourth-order valence-corrected chi connectivity index (χ4v) is 4.50. The van der Waals surface area contributed by atoms with E-state index in [9.17, 15) is 8.42 Å². The number of aromatic nitrogens is 1. The van der Waals surface area contributed by atoms with Crippen molar-refractivity contribution in [1.29, 1.82) is 0 Å². The quantitative estimate of drug-likeness (QED) is 0.809. The molecule has 0 saturated carbocycles. The summed E-state index contributed by atoms with van der Waals surface area (Å²) >= 11 is 6.24. The summed E-state index contributed by atoms with van der Waals surface area (Å²) in [6, 6.07) is 10.4. The summed E-state index contributed by atoms with van der Waals surface area (Å²) in [6.07, 6.45) is 3.63. The van der Waals surface area contributed by atoms with Crippen molar-refractivity contribution in [3.05, 3.63) is 53.3 Å². The molecule has 1 aromatic heterocycles. The van der Waals surface area contributed by atoms with Gasteiger partial charge in [-0.3, -0.25) is 9.71 Å². The van der Waals surface area contributed by atoms with Crippen molar-refractivity contribution in [3.8, 4) is 5.75 Å². The molecule has 140 valence electrons. The highest BCUT2D eigenvalue weighted by Gasteiger charge is 2.27. The van der Waals surface area contributed by atoms with Crippen molar-refractivity contribution in [2.45, 2.75) is 26.4 Å². The first kappa shape index (κ1) is 18.9. The highest BCUT2D eigenvalue weighted by atomic mass is 35.5. The number of nitrogens with zero attached hydrogens (tertiary/aromatic N) is 2. The predicted octanol–water partition coefficient (Wildman–Crippen LogP) is 3.70. The van der Waals surface area contributed by atoms with Crippen molar-refractivity contribution in [1.82, 2.24) is 9.29 Å². The van der Waals surface area contributed by atoms with Crippen LogP contribution in [0, 0.1) is 5.92 Å². The third-order valence-electron chi connectivity index (χ3n) is 4.24. The first-order valence-corrected chi connectivity index (χ1v) is 10.4. The van der Waals surface area contributed by atoms with Gasteiger partial charge in [0.2, 0.25) is 0 Å². The van der Waals surface area contributed by atoms with E-state index in [4.69, 9.17) is 16.3 Å². The molecule has 6 nitrogen and oxygen atoms in total. The summed E-state index contributed by atoms with van der Waals surface area (Å²) in [7, 11) is -3.58. The first-order valence-electron chi connectivity index (χ1n) is 8.54. The second-order valence-electron chi connectivity index (χ2n) is 6.47. The Morgan fingerprint density at radius 2 is 2.19 bits per heavy atom. The van der Waals surface area contributed by atoms with Gasteiger partial charge in [-0.1, -0.05) is 24.6 Å². The Morgan fingerprint density at radius 1 is 1.35 bits per heavy atom. The van der Waals surface area contributed by atoms with Crippen molar-refractivity contribution >= 4 is 27.5 Å². The second kappa shape index (κ2) is 8.24. The van der Waals surface area contributed by atoms with Crippen LogP contribution in [0.1, 0.15) is 25.5 Å². The van der Waals surface area contributed by atoms with Gasteiger partial charge in [-0.15, -0.1) is 0 Å². The van der Waals surface area contributed by atoms with Gasteiger partial charge in [-0.05, 0) is 49.1 Å². The zero-order valence-corrected chi connectivity index (χ0v) is 16.1. The minimum atomic E-state index is -3.58. The van der Waals surface area contributed by atoms with E-state index in [1.807, 2.05) is 18.2 Å². The fraction of sp³-hybridized carbons (Fsp3) is 0.389. The van der Waals surface area contributed by atoms with E-state index in [2.05, 4.69) is 16.6 Å². The van der Waals surface area contributed by atoms with E-state index in [1.54, 1.807) is 24.4 Å². The number of benzene rings is 1. The van der Waals surface area contributed by atoms with Crippen molar-refractivity contribution in [3.63, 3.8) is 0 Å². The maximum atomic E-state index is 12.5. The van der Waals surface area contributed by atoms with Gasteiger partial charge < -0.3 is 4.74 Å². The maximum Gasteiger partial charge on any atom is 0.301 e. The lowest BCUT2D eigenvalue weighted by Gasteiger charge is -2.30. The average molecular weight is 396 g/mol. The summed E-state index contributed by atoms with van der Waals surface area (Å²) in [6.45, 7) is 3.43. The molecule has 1 fully saturated rings. The van der Waals surface area contributed by atoms with Crippen LogP contribution in [0.25, 0.3) is 0 Å². The number of ether oxygens (including phenoxy) is 1. The van der Waals surface area contributed by atoms with E-state index in [0.717, 1.165) is 18.5 Å². The molecule has 0 amide bonds. The predicted molar refractivity (Wildman–Crippen MR) is 103 cm³/mol. The smallest absolute Gasteiger partial charge is 0.301 e. The third kappa shape index (κ3) is 4.87. The van der Waals surface area contributed by atoms with Crippen LogP contribution in [0.3, 0.4) is 0 Å². The maximum absolute atomic E-state index is 12.5. The van der Waals surface area contributed by atoms with Crippen LogP contribution in [0.2, 0.25) is 5.02 Å². The fourth-order valence-electron chi connectivity index (χ4n) is 2.89. The Kier molecular flexibility index (Phi) is 6.01. The lowest BCUT2D eigenvalue weighted by Crippen LogP contribution is -2.42. The summed E-state index contributed by atoms with van der Waals surface area (Å²) in [5.41, 5.74) is 1.20. The second-order valence-corrected chi connectivity index (χ2v) is 8.55. The molecule has 0 bridgehead atoms.